The number of amides is 2. The normalized spacial score (nSPS) is 18.6. The van der Waals surface area contributed by atoms with Crippen LogP contribution >= 0.6 is 11.6 Å². The van der Waals surface area contributed by atoms with E-state index in [2.05, 4.69) is 25.9 Å². The number of nitrogens with one attached hydrogen (secondary N) is 3. The van der Waals surface area contributed by atoms with Crippen molar-refractivity contribution in [2.24, 2.45) is 5.41 Å². The Bertz CT molecular complexity index is 1910. The van der Waals surface area contributed by atoms with E-state index >= 15 is 0 Å². The molecule has 2 aliphatic rings. The number of aromatic nitrogens is 5. The van der Waals surface area contributed by atoms with E-state index in [0.29, 0.717) is 31.5 Å². The molecule has 1 aliphatic heterocycles. The molecule has 50 heavy (non-hydrogen) atoms. The summed E-state index contributed by atoms with van der Waals surface area (Å²) < 4.78 is 60.6. The second kappa shape index (κ2) is 13.4. The van der Waals surface area contributed by atoms with Crippen molar-refractivity contribution in [1.82, 2.24) is 40.1 Å². The Morgan fingerprint density at radius 2 is 1.84 bits per heavy atom. The Labute approximate surface area is 289 Å². The number of benzene rings is 2. The monoisotopic (exact) mass is 715 g/mol. The molecular formula is C33H34ClF4N9O3. The molecule has 6 rings (SSSR count). The summed E-state index contributed by atoms with van der Waals surface area (Å²) in [6, 6.07) is 10.1. The zero-order valence-corrected chi connectivity index (χ0v) is 28.0. The largest absolute Gasteiger partial charge is 0.447 e. The van der Waals surface area contributed by atoms with E-state index in [1.165, 1.54) is 29.4 Å². The standard InChI is InChI=1S/C33H34ClF4N9O3/c1-32(2,3)16-33(21-7-4-18(5-8-21)20-13-41-46(14-20)29(37)38)27(48)47(30(39)43-33)25(15-50-31(49)42-22-9-10-22)19-6-11-24(34)23(12-19)26-44-40-17-45(26)28(35)36/h4-8,11-14,17,22,25,28-29H,9-10,15-16H2,1-3H3,(H2,39,43)(H,42,49)/t25-,33-/m1/s1. The highest BCUT2D eigenvalue weighted by Gasteiger charge is 2.54. The highest BCUT2D eigenvalue weighted by Crippen LogP contribution is 2.43. The molecule has 0 spiro atoms. The molecule has 3 heterocycles. The van der Waals surface area contributed by atoms with Crippen molar-refractivity contribution >= 4 is 29.6 Å². The third kappa shape index (κ3) is 7.02. The van der Waals surface area contributed by atoms with Crippen LogP contribution in [-0.2, 0) is 15.1 Å². The molecular weight excluding hydrogens is 682 g/mol. The van der Waals surface area contributed by atoms with Gasteiger partial charge in [0.25, 0.3) is 5.91 Å². The average molecular weight is 716 g/mol. The number of guanidine groups is 1. The summed E-state index contributed by atoms with van der Waals surface area (Å²) in [7, 11) is 0. The van der Waals surface area contributed by atoms with Crippen LogP contribution in [0.2, 0.25) is 5.02 Å². The summed E-state index contributed by atoms with van der Waals surface area (Å²) >= 11 is 6.45. The number of ether oxygens (including phenoxy) is 1. The number of hydrogen-bond donors (Lipinski definition) is 3. The van der Waals surface area contributed by atoms with Gasteiger partial charge in [-0.05, 0) is 53.5 Å². The summed E-state index contributed by atoms with van der Waals surface area (Å²) in [6.07, 6.45) is 4.54. The maximum atomic E-state index is 14.8. The van der Waals surface area contributed by atoms with Crippen LogP contribution in [0.4, 0.5) is 22.4 Å². The minimum Gasteiger partial charge on any atom is -0.447 e. The van der Waals surface area contributed by atoms with Crippen LogP contribution in [0.3, 0.4) is 0 Å². The number of alkyl halides is 4. The van der Waals surface area contributed by atoms with Crippen LogP contribution < -0.4 is 10.6 Å². The number of halogens is 5. The molecule has 2 aromatic heterocycles. The van der Waals surface area contributed by atoms with Crippen molar-refractivity contribution in [3.63, 3.8) is 0 Å². The van der Waals surface area contributed by atoms with Crippen LogP contribution in [0.25, 0.3) is 22.5 Å². The lowest BCUT2D eigenvalue weighted by Crippen LogP contribution is -2.47. The number of carbonyl (C=O) groups is 2. The Kier molecular flexibility index (Phi) is 9.33. The van der Waals surface area contributed by atoms with Gasteiger partial charge in [-0.2, -0.15) is 22.7 Å². The second-order valence-electron chi connectivity index (χ2n) is 13.5. The SMILES string of the molecule is CC(C)(C)C[C@]1(c2ccc(-c3cnn(C(F)F)c3)cc2)NC(=N)N([C@H](COC(=O)NC2CC2)c2ccc(Cl)c(-c3nncn3C(F)F)c2)C1=O. The van der Waals surface area contributed by atoms with Crippen molar-refractivity contribution in [3.05, 3.63) is 77.3 Å². The summed E-state index contributed by atoms with van der Waals surface area (Å²) in [6.45, 7) is -0.335. The summed E-state index contributed by atoms with van der Waals surface area (Å²) in [5, 5.41) is 26.1. The van der Waals surface area contributed by atoms with Gasteiger partial charge in [0.15, 0.2) is 11.8 Å². The van der Waals surface area contributed by atoms with E-state index < -0.39 is 48.7 Å². The van der Waals surface area contributed by atoms with Crippen molar-refractivity contribution in [3.8, 4) is 22.5 Å². The van der Waals surface area contributed by atoms with Crippen LogP contribution in [0.5, 0.6) is 0 Å². The van der Waals surface area contributed by atoms with E-state index in [1.807, 2.05) is 20.8 Å². The molecule has 0 radical (unpaired) electrons. The molecule has 1 saturated heterocycles. The van der Waals surface area contributed by atoms with Crippen molar-refractivity contribution < 1.29 is 31.9 Å². The molecule has 2 amide bonds. The van der Waals surface area contributed by atoms with Gasteiger partial charge in [0.05, 0.1) is 17.3 Å². The lowest BCUT2D eigenvalue weighted by molar-refractivity contribution is -0.134. The minimum atomic E-state index is -2.97. The highest BCUT2D eigenvalue weighted by atomic mass is 35.5. The number of rotatable bonds is 11. The van der Waals surface area contributed by atoms with Gasteiger partial charge in [-0.25, -0.2) is 9.48 Å². The molecule has 2 fully saturated rings. The molecule has 4 aromatic rings. The van der Waals surface area contributed by atoms with Crippen LogP contribution in [0, 0.1) is 10.8 Å². The van der Waals surface area contributed by atoms with Crippen molar-refractivity contribution in [2.45, 2.75) is 70.8 Å². The maximum absolute atomic E-state index is 14.8. The zero-order chi connectivity index (χ0) is 36.0. The zero-order valence-electron chi connectivity index (χ0n) is 27.2. The van der Waals surface area contributed by atoms with E-state index in [9.17, 15) is 27.2 Å². The van der Waals surface area contributed by atoms with Gasteiger partial charge >= 0.3 is 19.2 Å². The molecule has 17 heteroatoms. The van der Waals surface area contributed by atoms with Crippen LogP contribution in [0.1, 0.15) is 70.3 Å². The molecule has 264 valence electrons. The van der Waals surface area contributed by atoms with E-state index in [1.54, 1.807) is 30.3 Å². The van der Waals surface area contributed by atoms with Gasteiger partial charge in [0.1, 0.15) is 18.5 Å². The molecule has 12 nitrogen and oxygen atoms in total. The Morgan fingerprint density at radius 1 is 1.12 bits per heavy atom. The maximum Gasteiger partial charge on any atom is 0.407 e. The molecule has 3 N–H and O–H groups in total. The third-order valence-corrected chi connectivity index (χ3v) is 8.78. The van der Waals surface area contributed by atoms with Crippen molar-refractivity contribution in [2.75, 3.05) is 6.61 Å². The first-order valence-electron chi connectivity index (χ1n) is 15.7. The third-order valence-electron chi connectivity index (χ3n) is 8.45. The average Bonchev–Trinajstić information content (AvgIpc) is 3.42. The number of nitrogens with zero attached hydrogens (tertiary/aromatic N) is 6. The molecule has 1 saturated carbocycles. The van der Waals surface area contributed by atoms with Crippen LogP contribution in [-0.4, -0.2) is 60.1 Å². The fourth-order valence-electron chi connectivity index (χ4n) is 6.08. The fraction of sp³-hybridized carbons (Fsp3) is 0.394. The van der Waals surface area contributed by atoms with Gasteiger partial charge in [-0.15, -0.1) is 10.2 Å². The molecule has 2 atom stereocenters. The topological polar surface area (TPSA) is 143 Å². The van der Waals surface area contributed by atoms with Gasteiger partial charge < -0.3 is 15.4 Å². The predicted octanol–water partition coefficient (Wildman–Crippen LogP) is 6.88. The number of carbonyl (C=O) groups excluding carboxylic acids is 2. The quantitative estimate of drug-likeness (QED) is 0.144. The minimum absolute atomic E-state index is 0.00991. The van der Waals surface area contributed by atoms with E-state index in [4.69, 9.17) is 21.7 Å². The highest BCUT2D eigenvalue weighted by molar-refractivity contribution is 6.33. The number of alkyl carbamates (subject to hydrolysis) is 1. The fourth-order valence-corrected chi connectivity index (χ4v) is 6.29. The van der Waals surface area contributed by atoms with Gasteiger partial charge in [0.2, 0.25) is 0 Å². The van der Waals surface area contributed by atoms with E-state index in [-0.39, 0.29) is 34.8 Å². The number of hydrogen-bond acceptors (Lipinski definition) is 7. The lowest BCUT2D eigenvalue weighted by atomic mass is 9.75. The predicted molar refractivity (Wildman–Crippen MR) is 174 cm³/mol. The summed E-state index contributed by atoms with van der Waals surface area (Å²) in [4.78, 5) is 28.7. The summed E-state index contributed by atoms with van der Waals surface area (Å²) in [5.74, 6) is -1.04. The Morgan fingerprint density at radius 3 is 2.46 bits per heavy atom. The van der Waals surface area contributed by atoms with Crippen LogP contribution in [0.15, 0.2) is 61.2 Å². The summed E-state index contributed by atoms with van der Waals surface area (Å²) in [5.41, 5.74) is 0.0201. The second-order valence-corrected chi connectivity index (χ2v) is 13.9. The molecule has 0 bridgehead atoms. The van der Waals surface area contributed by atoms with E-state index in [0.717, 1.165) is 19.2 Å². The molecule has 2 aromatic carbocycles. The van der Waals surface area contributed by atoms with Crippen molar-refractivity contribution in [1.29, 1.82) is 5.41 Å². The smallest absolute Gasteiger partial charge is 0.407 e. The van der Waals surface area contributed by atoms with Gasteiger partial charge in [-0.1, -0.05) is 62.7 Å². The first-order chi connectivity index (χ1) is 23.7. The lowest BCUT2D eigenvalue weighted by Gasteiger charge is -2.35. The van der Waals surface area contributed by atoms with Gasteiger partial charge in [0, 0.05) is 23.4 Å². The molecule has 0 unspecified atom stereocenters. The Hall–Kier alpha value is -4.99. The van der Waals surface area contributed by atoms with Gasteiger partial charge in [-0.3, -0.25) is 19.7 Å². The molecule has 1 aliphatic carbocycles. The first kappa shape index (κ1) is 34.9. The Balaban J connectivity index is 1.40. The first-order valence-corrected chi connectivity index (χ1v) is 16.1.